The maximum absolute atomic E-state index is 12.5. The number of hydrogen-bond acceptors (Lipinski definition) is 5. The van der Waals surface area contributed by atoms with Crippen molar-refractivity contribution < 1.29 is 9.53 Å². The van der Waals surface area contributed by atoms with E-state index in [2.05, 4.69) is 16.4 Å². The van der Waals surface area contributed by atoms with E-state index in [1.54, 1.807) is 24.5 Å². The Morgan fingerprint density at radius 1 is 1.28 bits per heavy atom. The third-order valence-corrected chi connectivity index (χ3v) is 5.12. The highest BCUT2D eigenvalue weighted by Gasteiger charge is 2.19. The lowest BCUT2D eigenvalue weighted by molar-refractivity contribution is -0.120. The molecule has 3 aromatic rings. The second kappa shape index (κ2) is 7.63. The molecular weight excluding hydrogens is 334 g/mol. The van der Waals surface area contributed by atoms with E-state index in [0.717, 1.165) is 16.2 Å². The number of thiazole rings is 1. The predicted octanol–water partition coefficient (Wildman–Crippen LogP) is 3.76. The van der Waals surface area contributed by atoms with Gasteiger partial charge >= 0.3 is 0 Å². The van der Waals surface area contributed by atoms with Gasteiger partial charge in [0, 0.05) is 11.8 Å². The van der Waals surface area contributed by atoms with Crippen LogP contribution in [0.25, 0.3) is 10.2 Å². The molecule has 0 aliphatic rings. The van der Waals surface area contributed by atoms with E-state index in [1.807, 2.05) is 55.3 Å². The SMILES string of the molecule is COc1cccc(NC(=O)[C@H](C)N(C)Cc2nc3ccccc3s2)c1. The van der Waals surface area contributed by atoms with Crippen molar-refractivity contribution in [3.05, 3.63) is 53.5 Å². The fraction of sp³-hybridized carbons (Fsp3) is 0.263. The van der Waals surface area contributed by atoms with Gasteiger partial charge in [0.25, 0.3) is 0 Å². The van der Waals surface area contributed by atoms with Crippen molar-refractivity contribution in [1.29, 1.82) is 0 Å². The van der Waals surface area contributed by atoms with Gasteiger partial charge in [-0.2, -0.15) is 0 Å². The molecule has 0 unspecified atom stereocenters. The summed E-state index contributed by atoms with van der Waals surface area (Å²) in [5.41, 5.74) is 1.73. The zero-order valence-electron chi connectivity index (χ0n) is 14.5. The van der Waals surface area contributed by atoms with Crippen LogP contribution in [0.5, 0.6) is 5.75 Å². The van der Waals surface area contributed by atoms with E-state index in [1.165, 1.54) is 4.70 Å². The number of hydrogen-bond donors (Lipinski definition) is 1. The second-order valence-electron chi connectivity index (χ2n) is 5.89. The largest absolute Gasteiger partial charge is 0.497 e. The molecule has 1 atom stereocenters. The Labute approximate surface area is 151 Å². The molecule has 0 radical (unpaired) electrons. The molecule has 3 rings (SSSR count). The first kappa shape index (κ1) is 17.4. The molecule has 1 heterocycles. The fourth-order valence-electron chi connectivity index (χ4n) is 2.49. The molecule has 0 fully saturated rings. The van der Waals surface area contributed by atoms with Crippen LogP contribution in [0.4, 0.5) is 5.69 Å². The molecule has 1 aromatic heterocycles. The smallest absolute Gasteiger partial charge is 0.241 e. The number of nitrogens with zero attached hydrogens (tertiary/aromatic N) is 2. The molecule has 1 amide bonds. The minimum Gasteiger partial charge on any atom is -0.497 e. The van der Waals surface area contributed by atoms with Crippen molar-refractivity contribution in [3.8, 4) is 5.75 Å². The molecule has 0 aliphatic heterocycles. The average molecular weight is 355 g/mol. The summed E-state index contributed by atoms with van der Waals surface area (Å²) in [6.07, 6.45) is 0. The number of aromatic nitrogens is 1. The second-order valence-corrected chi connectivity index (χ2v) is 7.00. The Bertz CT molecular complexity index is 845. The van der Waals surface area contributed by atoms with Gasteiger partial charge in [0.15, 0.2) is 0 Å². The van der Waals surface area contributed by atoms with Crippen LogP contribution in [0.3, 0.4) is 0 Å². The third-order valence-electron chi connectivity index (χ3n) is 4.10. The normalized spacial score (nSPS) is 12.3. The Hall–Kier alpha value is -2.44. The van der Waals surface area contributed by atoms with Gasteiger partial charge in [-0.25, -0.2) is 4.98 Å². The molecule has 25 heavy (non-hydrogen) atoms. The highest BCUT2D eigenvalue weighted by atomic mass is 32.1. The summed E-state index contributed by atoms with van der Waals surface area (Å²) in [5.74, 6) is 0.658. The Balaban J connectivity index is 1.64. The van der Waals surface area contributed by atoms with Crippen molar-refractivity contribution in [2.45, 2.75) is 19.5 Å². The number of benzene rings is 2. The lowest BCUT2D eigenvalue weighted by Crippen LogP contribution is -2.39. The van der Waals surface area contributed by atoms with Gasteiger partial charge in [-0.15, -0.1) is 11.3 Å². The number of carbonyl (C=O) groups excluding carboxylic acids is 1. The van der Waals surface area contributed by atoms with E-state index in [4.69, 9.17) is 4.74 Å². The number of likely N-dealkylation sites (N-methyl/N-ethyl adjacent to an activating group) is 1. The maximum Gasteiger partial charge on any atom is 0.241 e. The van der Waals surface area contributed by atoms with Crippen molar-refractivity contribution in [2.75, 3.05) is 19.5 Å². The summed E-state index contributed by atoms with van der Waals surface area (Å²) < 4.78 is 6.35. The number of fused-ring (bicyclic) bond motifs is 1. The molecule has 6 heteroatoms. The van der Waals surface area contributed by atoms with Crippen molar-refractivity contribution in [1.82, 2.24) is 9.88 Å². The first-order chi connectivity index (χ1) is 12.1. The van der Waals surface area contributed by atoms with Gasteiger partial charge in [-0.1, -0.05) is 18.2 Å². The van der Waals surface area contributed by atoms with Crippen LogP contribution < -0.4 is 10.1 Å². The number of nitrogens with one attached hydrogen (secondary N) is 1. The highest BCUT2D eigenvalue weighted by Crippen LogP contribution is 2.23. The molecular formula is C19H21N3O2S. The number of carbonyl (C=O) groups is 1. The highest BCUT2D eigenvalue weighted by molar-refractivity contribution is 7.18. The topological polar surface area (TPSA) is 54.5 Å². The fourth-order valence-corrected chi connectivity index (χ4v) is 3.52. The zero-order chi connectivity index (χ0) is 17.8. The molecule has 0 bridgehead atoms. The van der Waals surface area contributed by atoms with Gasteiger partial charge in [0.1, 0.15) is 10.8 Å². The van der Waals surface area contributed by atoms with Crippen LogP contribution >= 0.6 is 11.3 Å². The number of para-hydroxylation sites is 1. The van der Waals surface area contributed by atoms with Crippen LogP contribution in [-0.4, -0.2) is 36.0 Å². The number of methoxy groups -OCH3 is 1. The standard InChI is InChI=1S/C19H21N3O2S/c1-13(19(23)20-14-7-6-8-15(11-14)24-3)22(2)12-18-21-16-9-4-5-10-17(16)25-18/h4-11,13H,12H2,1-3H3,(H,20,23)/t13-/m0/s1. The van der Waals surface area contributed by atoms with Crippen molar-refractivity contribution in [2.24, 2.45) is 0 Å². The molecule has 0 aliphatic carbocycles. The van der Waals surface area contributed by atoms with Crippen LogP contribution in [0.2, 0.25) is 0 Å². The van der Waals surface area contributed by atoms with Crippen LogP contribution in [-0.2, 0) is 11.3 Å². The van der Waals surface area contributed by atoms with Crippen molar-refractivity contribution >= 4 is 33.1 Å². The molecule has 130 valence electrons. The first-order valence-corrected chi connectivity index (χ1v) is 8.88. The molecule has 0 saturated heterocycles. The lowest BCUT2D eigenvalue weighted by Gasteiger charge is -2.22. The summed E-state index contributed by atoms with van der Waals surface area (Å²) in [7, 11) is 3.54. The van der Waals surface area contributed by atoms with E-state index in [0.29, 0.717) is 12.3 Å². The zero-order valence-corrected chi connectivity index (χ0v) is 15.3. The molecule has 0 spiro atoms. The van der Waals surface area contributed by atoms with Crippen molar-refractivity contribution in [3.63, 3.8) is 0 Å². The van der Waals surface area contributed by atoms with E-state index >= 15 is 0 Å². The van der Waals surface area contributed by atoms with E-state index < -0.39 is 0 Å². The van der Waals surface area contributed by atoms with Gasteiger partial charge in [0.2, 0.25) is 5.91 Å². The van der Waals surface area contributed by atoms with Gasteiger partial charge in [-0.05, 0) is 38.2 Å². The summed E-state index contributed by atoms with van der Waals surface area (Å²) in [6, 6.07) is 15.1. The van der Waals surface area contributed by atoms with E-state index in [9.17, 15) is 4.79 Å². The Morgan fingerprint density at radius 2 is 2.08 bits per heavy atom. The molecule has 5 nitrogen and oxygen atoms in total. The van der Waals surface area contributed by atoms with Gasteiger partial charge in [0.05, 0.1) is 29.9 Å². The van der Waals surface area contributed by atoms with Gasteiger partial charge in [-0.3, -0.25) is 9.69 Å². The number of amides is 1. The molecule has 1 N–H and O–H groups in total. The van der Waals surface area contributed by atoms with Gasteiger partial charge < -0.3 is 10.1 Å². The number of anilines is 1. The summed E-state index contributed by atoms with van der Waals surface area (Å²) >= 11 is 1.66. The number of rotatable bonds is 6. The van der Waals surface area contributed by atoms with Crippen LogP contribution in [0, 0.1) is 0 Å². The van der Waals surface area contributed by atoms with E-state index in [-0.39, 0.29) is 11.9 Å². The maximum atomic E-state index is 12.5. The third kappa shape index (κ3) is 4.15. The Morgan fingerprint density at radius 3 is 2.84 bits per heavy atom. The number of ether oxygens (including phenoxy) is 1. The average Bonchev–Trinajstić information content (AvgIpc) is 3.03. The first-order valence-electron chi connectivity index (χ1n) is 8.06. The molecule has 2 aromatic carbocycles. The minimum absolute atomic E-state index is 0.0585. The van der Waals surface area contributed by atoms with Crippen LogP contribution in [0.1, 0.15) is 11.9 Å². The summed E-state index contributed by atoms with van der Waals surface area (Å²) in [6.45, 7) is 2.52. The quantitative estimate of drug-likeness (QED) is 0.731. The lowest BCUT2D eigenvalue weighted by atomic mass is 10.2. The summed E-state index contributed by atoms with van der Waals surface area (Å²) in [5, 5.41) is 3.94. The predicted molar refractivity (Wildman–Crippen MR) is 102 cm³/mol. The van der Waals surface area contributed by atoms with Crippen LogP contribution in [0.15, 0.2) is 48.5 Å². The summed E-state index contributed by atoms with van der Waals surface area (Å²) in [4.78, 5) is 19.1. The monoisotopic (exact) mass is 355 g/mol. The molecule has 0 saturated carbocycles. The Kier molecular flexibility index (Phi) is 5.31. The minimum atomic E-state index is -0.279.